The monoisotopic (exact) mass is 287 g/mol. The maximum Gasteiger partial charge on any atom is 0.128 e. The number of ether oxygens (including phenoxy) is 1. The Morgan fingerprint density at radius 2 is 1.67 bits per heavy atom. The Kier molecular flexibility index (Phi) is 4.97. The SMILES string of the molecule is CCOc1ccc(C)cc1C(NC)c1cc(C)ccc1F. The summed E-state index contributed by atoms with van der Waals surface area (Å²) in [4.78, 5) is 0. The average Bonchev–Trinajstić information content (AvgIpc) is 2.46. The lowest BCUT2D eigenvalue weighted by molar-refractivity contribution is 0.333. The topological polar surface area (TPSA) is 21.3 Å². The van der Waals surface area contributed by atoms with Gasteiger partial charge in [-0.2, -0.15) is 0 Å². The van der Waals surface area contributed by atoms with Crippen molar-refractivity contribution in [3.8, 4) is 5.75 Å². The lowest BCUT2D eigenvalue weighted by Gasteiger charge is -2.22. The minimum absolute atomic E-state index is 0.205. The molecule has 0 spiro atoms. The minimum Gasteiger partial charge on any atom is -0.494 e. The molecule has 2 aromatic rings. The molecule has 2 aromatic carbocycles. The molecule has 2 rings (SSSR count). The summed E-state index contributed by atoms with van der Waals surface area (Å²) >= 11 is 0. The first-order valence-electron chi connectivity index (χ1n) is 7.23. The zero-order valence-corrected chi connectivity index (χ0v) is 13.0. The molecule has 0 aliphatic carbocycles. The normalized spacial score (nSPS) is 12.2. The maximum absolute atomic E-state index is 14.2. The van der Waals surface area contributed by atoms with Crippen molar-refractivity contribution in [3.63, 3.8) is 0 Å². The summed E-state index contributed by atoms with van der Waals surface area (Å²) in [5, 5.41) is 3.21. The number of rotatable bonds is 5. The lowest BCUT2D eigenvalue weighted by Crippen LogP contribution is -2.20. The van der Waals surface area contributed by atoms with E-state index < -0.39 is 0 Å². The highest BCUT2D eigenvalue weighted by Crippen LogP contribution is 2.32. The fourth-order valence-corrected chi connectivity index (χ4v) is 2.54. The van der Waals surface area contributed by atoms with Gasteiger partial charge < -0.3 is 10.1 Å². The van der Waals surface area contributed by atoms with Crippen LogP contribution in [-0.2, 0) is 0 Å². The van der Waals surface area contributed by atoms with Crippen LogP contribution in [0.5, 0.6) is 5.75 Å². The van der Waals surface area contributed by atoms with Gasteiger partial charge in [0.25, 0.3) is 0 Å². The second-order valence-corrected chi connectivity index (χ2v) is 5.22. The zero-order chi connectivity index (χ0) is 15.4. The van der Waals surface area contributed by atoms with Crippen molar-refractivity contribution < 1.29 is 9.13 Å². The van der Waals surface area contributed by atoms with E-state index in [-0.39, 0.29) is 11.9 Å². The van der Waals surface area contributed by atoms with Crippen LogP contribution >= 0.6 is 0 Å². The minimum atomic E-state index is -0.230. The van der Waals surface area contributed by atoms with E-state index in [1.165, 1.54) is 6.07 Å². The predicted octanol–water partition coefficient (Wildman–Crippen LogP) is 4.15. The van der Waals surface area contributed by atoms with Crippen LogP contribution in [0.4, 0.5) is 4.39 Å². The highest BCUT2D eigenvalue weighted by atomic mass is 19.1. The van der Waals surface area contributed by atoms with E-state index >= 15 is 0 Å². The first-order valence-corrected chi connectivity index (χ1v) is 7.23. The molecule has 0 aliphatic heterocycles. The highest BCUT2D eigenvalue weighted by Gasteiger charge is 2.20. The molecule has 0 fully saturated rings. The molecule has 0 saturated heterocycles. The Bertz CT molecular complexity index is 625. The Labute approximate surface area is 126 Å². The second kappa shape index (κ2) is 6.72. The third-order valence-electron chi connectivity index (χ3n) is 3.53. The molecular weight excluding hydrogens is 265 g/mol. The number of halogens is 1. The molecular formula is C18H22FNO. The summed E-state index contributed by atoms with van der Waals surface area (Å²) in [6.07, 6.45) is 0. The van der Waals surface area contributed by atoms with Gasteiger partial charge in [-0.1, -0.05) is 35.4 Å². The quantitative estimate of drug-likeness (QED) is 0.892. The van der Waals surface area contributed by atoms with E-state index in [1.54, 1.807) is 6.07 Å². The van der Waals surface area contributed by atoms with Gasteiger partial charge in [-0.25, -0.2) is 4.39 Å². The van der Waals surface area contributed by atoms with Gasteiger partial charge in [0, 0.05) is 11.1 Å². The summed E-state index contributed by atoms with van der Waals surface area (Å²) in [5.74, 6) is 0.590. The van der Waals surface area contributed by atoms with Crippen LogP contribution in [0.25, 0.3) is 0 Å². The van der Waals surface area contributed by atoms with Crippen molar-refractivity contribution in [2.45, 2.75) is 26.8 Å². The molecule has 0 amide bonds. The van der Waals surface area contributed by atoms with Crippen molar-refractivity contribution in [3.05, 3.63) is 64.5 Å². The van der Waals surface area contributed by atoms with Gasteiger partial charge in [-0.3, -0.25) is 0 Å². The van der Waals surface area contributed by atoms with Crippen LogP contribution in [0.2, 0.25) is 0 Å². The van der Waals surface area contributed by atoms with Crippen LogP contribution in [0, 0.1) is 19.7 Å². The second-order valence-electron chi connectivity index (χ2n) is 5.22. The van der Waals surface area contributed by atoms with Crippen molar-refractivity contribution in [1.82, 2.24) is 5.32 Å². The third kappa shape index (κ3) is 3.42. The van der Waals surface area contributed by atoms with Crippen LogP contribution < -0.4 is 10.1 Å². The molecule has 1 unspecified atom stereocenters. The number of hydrogen-bond donors (Lipinski definition) is 1. The van der Waals surface area contributed by atoms with Gasteiger partial charge in [0.2, 0.25) is 0 Å². The molecule has 0 radical (unpaired) electrons. The maximum atomic E-state index is 14.2. The fraction of sp³-hybridized carbons (Fsp3) is 0.333. The average molecular weight is 287 g/mol. The number of benzene rings is 2. The Balaban J connectivity index is 2.55. The largest absolute Gasteiger partial charge is 0.494 e. The third-order valence-corrected chi connectivity index (χ3v) is 3.53. The molecule has 112 valence electrons. The first kappa shape index (κ1) is 15.5. The van der Waals surface area contributed by atoms with Gasteiger partial charge in [0.15, 0.2) is 0 Å². The summed E-state index contributed by atoms with van der Waals surface area (Å²) in [6, 6.07) is 11.0. The highest BCUT2D eigenvalue weighted by molar-refractivity contribution is 5.44. The van der Waals surface area contributed by atoms with E-state index in [0.717, 1.165) is 22.4 Å². The van der Waals surface area contributed by atoms with Crippen molar-refractivity contribution in [2.24, 2.45) is 0 Å². The number of nitrogens with one attached hydrogen (secondary N) is 1. The van der Waals surface area contributed by atoms with Crippen molar-refractivity contribution >= 4 is 0 Å². The summed E-state index contributed by atoms with van der Waals surface area (Å²) in [7, 11) is 1.84. The molecule has 0 heterocycles. The van der Waals surface area contributed by atoms with Crippen LogP contribution in [0.15, 0.2) is 36.4 Å². The molecule has 0 aromatic heterocycles. The van der Waals surface area contributed by atoms with Crippen molar-refractivity contribution in [2.75, 3.05) is 13.7 Å². The number of hydrogen-bond acceptors (Lipinski definition) is 2. The molecule has 3 heteroatoms. The summed E-state index contributed by atoms with van der Waals surface area (Å²) in [5.41, 5.74) is 3.77. The van der Waals surface area contributed by atoms with Crippen LogP contribution in [0.3, 0.4) is 0 Å². The van der Waals surface area contributed by atoms with E-state index in [0.29, 0.717) is 12.2 Å². The van der Waals surface area contributed by atoms with Gasteiger partial charge in [0.05, 0.1) is 12.6 Å². The summed E-state index contributed by atoms with van der Waals surface area (Å²) in [6.45, 7) is 6.53. The molecule has 21 heavy (non-hydrogen) atoms. The molecule has 1 atom stereocenters. The smallest absolute Gasteiger partial charge is 0.128 e. The zero-order valence-electron chi connectivity index (χ0n) is 13.0. The van der Waals surface area contributed by atoms with Gasteiger partial charge >= 0.3 is 0 Å². The van der Waals surface area contributed by atoms with E-state index in [2.05, 4.69) is 5.32 Å². The fourth-order valence-electron chi connectivity index (χ4n) is 2.54. The Morgan fingerprint density at radius 3 is 2.29 bits per heavy atom. The first-order chi connectivity index (χ1) is 10.1. The van der Waals surface area contributed by atoms with Crippen LogP contribution in [0.1, 0.15) is 35.2 Å². The van der Waals surface area contributed by atoms with Gasteiger partial charge in [-0.15, -0.1) is 0 Å². The van der Waals surface area contributed by atoms with E-state index in [4.69, 9.17) is 4.74 Å². The molecule has 1 N–H and O–H groups in total. The summed E-state index contributed by atoms with van der Waals surface area (Å²) < 4.78 is 19.9. The standard InChI is InChI=1S/C18H22FNO/c1-5-21-17-9-7-13(3)11-15(17)18(20-4)14-10-12(2)6-8-16(14)19/h6-11,18,20H,5H2,1-4H3. The molecule has 0 saturated carbocycles. The van der Waals surface area contributed by atoms with E-state index in [9.17, 15) is 4.39 Å². The molecule has 0 aliphatic rings. The predicted molar refractivity (Wildman–Crippen MR) is 84.4 cm³/mol. The lowest BCUT2D eigenvalue weighted by atomic mass is 9.95. The van der Waals surface area contributed by atoms with Gasteiger partial charge in [0.1, 0.15) is 11.6 Å². The van der Waals surface area contributed by atoms with Crippen molar-refractivity contribution in [1.29, 1.82) is 0 Å². The van der Waals surface area contributed by atoms with Gasteiger partial charge in [-0.05, 0) is 40.0 Å². The van der Waals surface area contributed by atoms with E-state index in [1.807, 2.05) is 52.1 Å². The molecule has 2 nitrogen and oxygen atoms in total. The Morgan fingerprint density at radius 1 is 1.05 bits per heavy atom. The molecule has 0 bridgehead atoms. The Hall–Kier alpha value is -1.87. The number of aryl methyl sites for hydroxylation is 2. The van der Waals surface area contributed by atoms with Crippen LogP contribution in [-0.4, -0.2) is 13.7 Å².